The number of carbonyl (C=O) groups excluding carboxylic acids is 3. The van der Waals surface area contributed by atoms with E-state index in [0.29, 0.717) is 44.0 Å². The van der Waals surface area contributed by atoms with Crippen LogP contribution in [0.3, 0.4) is 0 Å². The Kier molecular flexibility index (Phi) is 5.56. The lowest BCUT2D eigenvalue weighted by Gasteiger charge is -2.33. The zero-order valence-corrected chi connectivity index (χ0v) is 15.1. The van der Waals surface area contributed by atoms with Gasteiger partial charge in [0.25, 0.3) is 5.91 Å². The van der Waals surface area contributed by atoms with Crippen molar-refractivity contribution in [2.75, 3.05) is 31.7 Å². The highest BCUT2D eigenvalue weighted by molar-refractivity contribution is 6.23. The minimum Gasteiger partial charge on any atom is -0.495 e. The number of hydrogen-bond donors (Lipinski definition) is 0. The molecule has 26 heavy (non-hydrogen) atoms. The van der Waals surface area contributed by atoms with Crippen molar-refractivity contribution in [3.63, 3.8) is 0 Å². The van der Waals surface area contributed by atoms with Gasteiger partial charge in [0.2, 0.25) is 5.91 Å². The normalized spacial score (nSPS) is 21.9. The van der Waals surface area contributed by atoms with Gasteiger partial charge in [0.1, 0.15) is 5.75 Å². The molecule has 2 aliphatic heterocycles. The standard InChI is InChI=1S/C19H24N2O5/c1-3-26-19(24)13-8-10-20(11-9-13)15-12-17(22)21(18(15)23)14-6-4-5-7-16(14)25-2/h4-7,13,15H,3,8-12H2,1-2H3/t15-/m1/s1. The van der Waals surface area contributed by atoms with E-state index in [0.717, 1.165) is 0 Å². The van der Waals surface area contributed by atoms with Crippen molar-refractivity contribution < 1.29 is 23.9 Å². The van der Waals surface area contributed by atoms with Crippen molar-refractivity contribution in [2.24, 2.45) is 5.92 Å². The maximum atomic E-state index is 12.9. The SMILES string of the molecule is CCOC(=O)C1CCN([C@@H]2CC(=O)N(c3ccccc3OC)C2=O)CC1. The smallest absolute Gasteiger partial charge is 0.309 e. The molecule has 7 heteroatoms. The van der Waals surface area contributed by atoms with Crippen molar-refractivity contribution in [1.29, 1.82) is 0 Å². The van der Waals surface area contributed by atoms with Crippen LogP contribution in [-0.2, 0) is 19.1 Å². The van der Waals surface area contributed by atoms with Crippen LogP contribution in [-0.4, -0.2) is 55.5 Å². The average Bonchev–Trinajstić information content (AvgIpc) is 2.96. The molecule has 1 aromatic carbocycles. The van der Waals surface area contributed by atoms with E-state index in [-0.39, 0.29) is 30.1 Å². The van der Waals surface area contributed by atoms with Crippen LogP contribution in [0.25, 0.3) is 0 Å². The molecule has 7 nitrogen and oxygen atoms in total. The number of benzene rings is 1. The number of methoxy groups -OCH3 is 1. The summed E-state index contributed by atoms with van der Waals surface area (Å²) in [5, 5.41) is 0. The Morgan fingerprint density at radius 1 is 1.19 bits per heavy atom. The van der Waals surface area contributed by atoms with E-state index >= 15 is 0 Å². The fraction of sp³-hybridized carbons (Fsp3) is 0.526. The number of amides is 2. The van der Waals surface area contributed by atoms with Crippen LogP contribution in [0, 0.1) is 5.92 Å². The molecule has 3 rings (SSSR count). The predicted molar refractivity (Wildman–Crippen MR) is 94.8 cm³/mol. The molecule has 0 unspecified atom stereocenters. The van der Waals surface area contributed by atoms with E-state index in [1.54, 1.807) is 31.2 Å². The van der Waals surface area contributed by atoms with Crippen molar-refractivity contribution in [3.8, 4) is 5.75 Å². The second kappa shape index (κ2) is 7.86. The van der Waals surface area contributed by atoms with Crippen molar-refractivity contribution in [2.45, 2.75) is 32.2 Å². The zero-order chi connectivity index (χ0) is 18.7. The first-order valence-corrected chi connectivity index (χ1v) is 8.97. The molecule has 0 saturated carbocycles. The lowest BCUT2D eigenvalue weighted by atomic mass is 9.95. The average molecular weight is 360 g/mol. The van der Waals surface area contributed by atoms with E-state index in [9.17, 15) is 14.4 Å². The van der Waals surface area contributed by atoms with Crippen molar-refractivity contribution in [1.82, 2.24) is 4.90 Å². The number of likely N-dealkylation sites (tertiary alicyclic amines) is 1. The summed E-state index contributed by atoms with van der Waals surface area (Å²) in [6.07, 6.45) is 1.44. The highest BCUT2D eigenvalue weighted by Crippen LogP contribution is 2.34. The molecule has 0 N–H and O–H groups in total. The van der Waals surface area contributed by atoms with Gasteiger partial charge in [-0.1, -0.05) is 12.1 Å². The quantitative estimate of drug-likeness (QED) is 0.586. The van der Waals surface area contributed by atoms with Crippen LogP contribution >= 0.6 is 0 Å². The first-order chi connectivity index (χ1) is 12.6. The summed E-state index contributed by atoms with van der Waals surface area (Å²) in [6.45, 7) is 3.38. The van der Waals surface area contributed by atoms with E-state index in [2.05, 4.69) is 0 Å². The maximum absolute atomic E-state index is 12.9. The first-order valence-electron chi connectivity index (χ1n) is 8.97. The number of anilines is 1. The molecule has 0 radical (unpaired) electrons. The number of esters is 1. The molecule has 2 aliphatic rings. The van der Waals surface area contributed by atoms with Gasteiger partial charge >= 0.3 is 5.97 Å². The van der Waals surface area contributed by atoms with Crippen LogP contribution in [0.5, 0.6) is 5.75 Å². The number of carbonyl (C=O) groups is 3. The van der Waals surface area contributed by atoms with Gasteiger partial charge in [0.15, 0.2) is 0 Å². The Labute approximate surface area is 152 Å². The summed E-state index contributed by atoms with van der Waals surface area (Å²) < 4.78 is 10.4. The van der Waals surface area contributed by atoms with Crippen LogP contribution in [0.2, 0.25) is 0 Å². The van der Waals surface area contributed by atoms with Gasteiger partial charge in [-0.3, -0.25) is 19.3 Å². The fourth-order valence-corrected chi connectivity index (χ4v) is 3.68. The lowest BCUT2D eigenvalue weighted by Crippen LogP contribution is -2.47. The first kappa shape index (κ1) is 18.4. The predicted octanol–water partition coefficient (Wildman–Crippen LogP) is 1.60. The van der Waals surface area contributed by atoms with Crippen LogP contribution < -0.4 is 9.64 Å². The minimum absolute atomic E-state index is 0.122. The Morgan fingerprint density at radius 3 is 2.54 bits per heavy atom. The zero-order valence-electron chi connectivity index (χ0n) is 15.1. The summed E-state index contributed by atoms with van der Waals surface area (Å²) in [6, 6.07) is 6.54. The number of hydrogen-bond acceptors (Lipinski definition) is 6. The van der Waals surface area contributed by atoms with Crippen molar-refractivity contribution >= 4 is 23.5 Å². The van der Waals surface area contributed by atoms with E-state index in [1.165, 1.54) is 12.0 Å². The summed E-state index contributed by atoms with van der Waals surface area (Å²) in [4.78, 5) is 40.5. The van der Waals surface area contributed by atoms with Crippen LogP contribution in [0.1, 0.15) is 26.2 Å². The minimum atomic E-state index is -0.476. The number of nitrogens with zero attached hydrogens (tertiary/aromatic N) is 2. The molecule has 2 amide bonds. The third-order valence-electron chi connectivity index (χ3n) is 5.04. The molecule has 0 aromatic heterocycles. The number of ether oxygens (including phenoxy) is 2. The third kappa shape index (κ3) is 3.44. The van der Waals surface area contributed by atoms with Gasteiger partial charge in [-0.15, -0.1) is 0 Å². The molecule has 2 fully saturated rings. The van der Waals surface area contributed by atoms with E-state index in [1.807, 2.05) is 4.90 Å². The molecule has 2 heterocycles. The molecule has 0 spiro atoms. The van der Waals surface area contributed by atoms with Crippen LogP contribution in [0.15, 0.2) is 24.3 Å². The van der Waals surface area contributed by atoms with Crippen molar-refractivity contribution in [3.05, 3.63) is 24.3 Å². The highest BCUT2D eigenvalue weighted by Gasteiger charge is 2.44. The van der Waals surface area contributed by atoms with Gasteiger partial charge in [-0.25, -0.2) is 4.90 Å². The second-order valence-corrected chi connectivity index (χ2v) is 6.52. The summed E-state index contributed by atoms with van der Waals surface area (Å²) in [5.74, 6) is -0.248. The number of para-hydroxylation sites is 2. The van der Waals surface area contributed by atoms with Gasteiger partial charge in [-0.2, -0.15) is 0 Å². The largest absolute Gasteiger partial charge is 0.495 e. The summed E-state index contributed by atoms with van der Waals surface area (Å²) in [7, 11) is 1.52. The monoisotopic (exact) mass is 360 g/mol. The Balaban J connectivity index is 1.69. The van der Waals surface area contributed by atoms with Gasteiger partial charge in [-0.05, 0) is 45.0 Å². The molecule has 1 atom stereocenters. The topological polar surface area (TPSA) is 76.2 Å². The number of imide groups is 1. The molecule has 0 aliphatic carbocycles. The summed E-state index contributed by atoms with van der Waals surface area (Å²) in [5.41, 5.74) is 0.480. The van der Waals surface area contributed by atoms with Gasteiger partial charge < -0.3 is 9.47 Å². The van der Waals surface area contributed by atoms with Gasteiger partial charge in [0, 0.05) is 0 Å². The molecular formula is C19H24N2O5. The third-order valence-corrected chi connectivity index (χ3v) is 5.04. The van der Waals surface area contributed by atoms with E-state index in [4.69, 9.17) is 9.47 Å². The number of rotatable bonds is 5. The molecule has 2 saturated heterocycles. The Morgan fingerprint density at radius 2 is 1.88 bits per heavy atom. The molecule has 0 bridgehead atoms. The Bertz CT molecular complexity index is 697. The second-order valence-electron chi connectivity index (χ2n) is 6.52. The molecular weight excluding hydrogens is 336 g/mol. The fourth-order valence-electron chi connectivity index (χ4n) is 3.68. The lowest BCUT2D eigenvalue weighted by molar-refractivity contribution is -0.149. The molecule has 1 aromatic rings. The van der Waals surface area contributed by atoms with E-state index < -0.39 is 6.04 Å². The number of piperidine rings is 1. The van der Waals surface area contributed by atoms with Crippen LogP contribution in [0.4, 0.5) is 5.69 Å². The highest BCUT2D eigenvalue weighted by atomic mass is 16.5. The Hall–Kier alpha value is -2.41. The molecule has 140 valence electrons. The maximum Gasteiger partial charge on any atom is 0.309 e. The van der Waals surface area contributed by atoms with Gasteiger partial charge in [0.05, 0.1) is 37.8 Å². The summed E-state index contributed by atoms with van der Waals surface area (Å²) >= 11 is 0.